The molecule has 0 N–H and O–H groups in total. The lowest BCUT2D eigenvalue weighted by molar-refractivity contribution is 1.17. The second-order valence-electron chi connectivity index (χ2n) is 2.04. The SMILES string of the molecule is SCCC=Cc1cnccn1. The summed E-state index contributed by atoms with van der Waals surface area (Å²) in [5.74, 6) is 0.872. The second-order valence-corrected chi connectivity index (χ2v) is 2.49. The first-order valence-corrected chi connectivity index (χ1v) is 4.10. The van der Waals surface area contributed by atoms with Gasteiger partial charge in [0, 0.05) is 12.4 Å². The Morgan fingerprint density at radius 2 is 2.36 bits per heavy atom. The van der Waals surface area contributed by atoms with Gasteiger partial charge in [-0.15, -0.1) is 0 Å². The molecule has 1 aromatic rings. The number of aromatic nitrogens is 2. The fourth-order valence-electron chi connectivity index (χ4n) is 0.675. The van der Waals surface area contributed by atoms with E-state index in [0.717, 1.165) is 17.9 Å². The van der Waals surface area contributed by atoms with E-state index in [1.807, 2.05) is 12.2 Å². The van der Waals surface area contributed by atoms with Crippen LogP contribution in [0.2, 0.25) is 0 Å². The van der Waals surface area contributed by atoms with Crippen LogP contribution in [-0.4, -0.2) is 15.7 Å². The van der Waals surface area contributed by atoms with Crippen LogP contribution >= 0.6 is 12.6 Å². The lowest BCUT2D eigenvalue weighted by Crippen LogP contribution is -1.79. The summed E-state index contributed by atoms with van der Waals surface area (Å²) in [5.41, 5.74) is 0.897. The Hall–Kier alpha value is -0.830. The van der Waals surface area contributed by atoms with E-state index in [1.54, 1.807) is 18.6 Å². The van der Waals surface area contributed by atoms with Crippen molar-refractivity contribution in [1.82, 2.24) is 9.97 Å². The maximum atomic E-state index is 4.08. The highest BCUT2D eigenvalue weighted by Crippen LogP contribution is 1.95. The summed E-state index contributed by atoms with van der Waals surface area (Å²) in [6.07, 6.45) is 10.0. The molecule has 0 atom stereocenters. The molecule has 0 saturated heterocycles. The van der Waals surface area contributed by atoms with Crippen molar-refractivity contribution in [1.29, 1.82) is 0 Å². The zero-order valence-electron chi connectivity index (χ0n) is 6.14. The first-order valence-electron chi connectivity index (χ1n) is 3.47. The summed E-state index contributed by atoms with van der Waals surface area (Å²) >= 11 is 4.08. The maximum Gasteiger partial charge on any atom is 0.0809 e. The molecular weight excluding hydrogens is 156 g/mol. The van der Waals surface area contributed by atoms with Gasteiger partial charge in [0.15, 0.2) is 0 Å². The van der Waals surface area contributed by atoms with Crippen molar-refractivity contribution < 1.29 is 0 Å². The van der Waals surface area contributed by atoms with E-state index in [9.17, 15) is 0 Å². The number of hydrogen-bond donors (Lipinski definition) is 1. The fourth-order valence-corrected chi connectivity index (χ4v) is 0.824. The largest absolute Gasteiger partial charge is 0.261 e. The fraction of sp³-hybridized carbons (Fsp3) is 0.250. The van der Waals surface area contributed by atoms with Gasteiger partial charge in [0.25, 0.3) is 0 Å². The third kappa shape index (κ3) is 3.18. The Bertz CT molecular complexity index is 221. The summed E-state index contributed by atoms with van der Waals surface area (Å²) < 4.78 is 0. The molecule has 0 aromatic carbocycles. The summed E-state index contributed by atoms with van der Waals surface area (Å²) in [5, 5.41) is 0. The molecule has 2 nitrogen and oxygen atoms in total. The topological polar surface area (TPSA) is 25.8 Å². The molecule has 58 valence electrons. The average Bonchev–Trinajstić information content (AvgIpc) is 2.07. The van der Waals surface area contributed by atoms with Gasteiger partial charge in [-0.2, -0.15) is 12.6 Å². The summed E-state index contributed by atoms with van der Waals surface area (Å²) in [4.78, 5) is 8.01. The number of nitrogens with zero attached hydrogens (tertiary/aromatic N) is 2. The number of rotatable bonds is 3. The van der Waals surface area contributed by atoms with Gasteiger partial charge in [-0.3, -0.25) is 9.97 Å². The second kappa shape index (κ2) is 4.91. The Morgan fingerprint density at radius 1 is 1.45 bits per heavy atom. The monoisotopic (exact) mass is 166 g/mol. The smallest absolute Gasteiger partial charge is 0.0809 e. The first-order chi connectivity index (χ1) is 5.43. The van der Waals surface area contributed by atoms with Crippen LogP contribution in [0.15, 0.2) is 24.7 Å². The van der Waals surface area contributed by atoms with Crippen LogP contribution in [0.3, 0.4) is 0 Å². The van der Waals surface area contributed by atoms with Crippen molar-refractivity contribution in [2.45, 2.75) is 6.42 Å². The molecule has 1 heterocycles. The van der Waals surface area contributed by atoms with Crippen molar-refractivity contribution in [2.24, 2.45) is 0 Å². The highest BCUT2D eigenvalue weighted by Gasteiger charge is 1.83. The predicted molar refractivity (Wildman–Crippen MR) is 49.5 cm³/mol. The number of hydrogen-bond acceptors (Lipinski definition) is 3. The van der Waals surface area contributed by atoms with Crippen molar-refractivity contribution >= 4 is 18.7 Å². The van der Waals surface area contributed by atoms with Gasteiger partial charge in [0.05, 0.1) is 11.9 Å². The van der Waals surface area contributed by atoms with Crippen LogP contribution in [-0.2, 0) is 0 Å². The van der Waals surface area contributed by atoms with Crippen molar-refractivity contribution in [2.75, 3.05) is 5.75 Å². The van der Waals surface area contributed by atoms with Crippen LogP contribution in [0, 0.1) is 0 Å². The normalized spacial score (nSPS) is 10.6. The minimum Gasteiger partial charge on any atom is -0.261 e. The predicted octanol–water partition coefficient (Wildman–Crippen LogP) is 1.81. The molecule has 0 bridgehead atoms. The third-order valence-corrected chi connectivity index (χ3v) is 1.43. The molecule has 0 unspecified atom stereocenters. The molecule has 0 saturated carbocycles. The molecule has 0 aliphatic heterocycles. The van der Waals surface area contributed by atoms with Crippen LogP contribution in [0.5, 0.6) is 0 Å². The van der Waals surface area contributed by atoms with Gasteiger partial charge >= 0.3 is 0 Å². The van der Waals surface area contributed by atoms with Gasteiger partial charge < -0.3 is 0 Å². The van der Waals surface area contributed by atoms with Gasteiger partial charge in [-0.05, 0) is 18.2 Å². The molecule has 0 radical (unpaired) electrons. The van der Waals surface area contributed by atoms with E-state index in [4.69, 9.17) is 0 Å². The quantitative estimate of drug-likeness (QED) is 0.693. The average molecular weight is 166 g/mol. The standard InChI is InChI=1S/C8H10N2S/c11-6-2-1-3-8-7-9-4-5-10-8/h1,3-5,7,11H,2,6H2. The van der Waals surface area contributed by atoms with Crippen molar-refractivity contribution in [3.8, 4) is 0 Å². The lowest BCUT2D eigenvalue weighted by atomic mass is 10.3. The van der Waals surface area contributed by atoms with Gasteiger partial charge in [-0.1, -0.05) is 6.08 Å². The molecule has 0 amide bonds. The molecule has 0 aliphatic carbocycles. The van der Waals surface area contributed by atoms with E-state index < -0.39 is 0 Å². The molecule has 11 heavy (non-hydrogen) atoms. The Balaban J connectivity index is 2.50. The van der Waals surface area contributed by atoms with Gasteiger partial charge in [-0.25, -0.2) is 0 Å². The Labute approximate surface area is 71.8 Å². The van der Waals surface area contributed by atoms with E-state index >= 15 is 0 Å². The highest BCUT2D eigenvalue weighted by atomic mass is 32.1. The molecule has 1 aromatic heterocycles. The molecule has 0 fully saturated rings. The zero-order chi connectivity index (χ0) is 7.94. The van der Waals surface area contributed by atoms with Crippen LogP contribution in [0.25, 0.3) is 6.08 Å². The van der Waals surface area contributed by atoms with Crippen LogP contribution < -0.4 is 0 Å². The minimum atomic E-state index is 0.872. The van der Waals surface area contributed by atoms with E-state index in [0.29, 0.717) is 0 Å². The zero-order valence-corrected chi connectivity index (χ0v) is 7.04. The highest BCUT2D eigenvalue weighted by molar-refractivity contribution is 7.80. The van der Waals surface area contributed by atoms with Crippen LogP contribution in [0.1, 0.15) is 12.1 Å². The minimum absolute atomic E-state index is 0.872. The molecule has 3 heteroatoms. The summed E-state index contributed by atoms with van der Waals surface area (Å²) in [7, 11) is 0. The molecule has 0 spiro atoms. The Kier molecular flexibility index (Phi) is 3.69. The lowest BCUT2D eigenvalue weighted by Gasteiger charge is -1.88. The van der Waals surface area contributed by atoms with Crippen molar-refractivity contribution in [3.05, 3.63) is 30.4 Å². The van der Waals surface area contributed by atoms with E-state index in [2.05, 4.69) is 22.6 Å². The molecule has 0 aliphatic rings. The summed E-state index contributed by atoms with van der Waals surface area (Å²) in [6.45, 7) is 0. The van der Waals surface area contributed by atoms with Crippen molar-refractivity contribution in [3.63, 3.8) is 0 Å². The van der Waals surface area contributed by atoms with Gasteiger partial charge in [0.2, 0.25) is 0 Å². The van der Waals surface area contributed by atoms with E-state index in [1.165, 1.54) is 0 Å². The molecule has 1 rings (SSSR count). The van der Waals surface area contributed by atoms with Crippen LogP contribution in [0.4, 0.5) is 0 Å². The molecular formula is C8H10N2S. The third-order valence-electron chi connectivity index (χ3n) is 1.17. The number of allylic oxidation sites excluding steroid dienone is 1. The number of thiol groups is 1. The Morgan fingerprint density at radius 3 is 3.00 bits per heavy atom. The van der Waals surface area contributed by atoms with Gasteiger partial charge in [0.1, 0.15) is 0 Å². The first kappa shape index (κ1) is 8.27. The van der Waals surface area contributed by atoms with E-state index in [-0.39, 0.29) is 0 Å². The summed E-state index contributed by atoms with van der Waals surface area (Å²) in [6, 6.07) is 0. The maximum absolute atomic E-state index is 4.08.